The van der Waals surface area contributed by atoms with Gasteiger partial charge in [-0.25, -0.2) is 0 Å². The summed E-state index contributed by atoms with van der Waals surface area (Å²) >= 11 is 1.69. The van der Waals surface area contributed by atoms with Crippen molar-refractivity contribution in [3.63, 3.8) is 0 Å². The Hall–Kier alpha value is -1.76. The van der Waals surface area contributed by atoms with Gasteiger partial charge in [0, 0.05) is 17.1 Å². The van der Waals surface area contributed by atoms with E-state index in [9.17, 15) is 0 Å². The highest BCUT2D eigenvalue weighted by atomic mass is 32.1. The fourth-order valence-corrected chi connectivity index (χ4v) is 2.88. The molecule has 1 heterocycles. The van der Waals surface area contributed by atoms with E-state index in [2.05, 4.69) is 60.9 Å². The van der Waals surface area contributed by atoms with Crippen LogP contribution in [0.2, 0.25) is 0 Å². The summed E-state index contributed by atoms with van der Waals surface area (Å²) in [5.74, 6) is 5.64. The van der Waals surface area contributed by atoms with Crippen molar-refractivity contribution in [3.8, 4) is 11.8 Å². The smallest absolute Gasteiger partial charge is 0.104 e. The van der Waals surface area contributed by atoms with Gasteiger partial charge in [0.25, 0.3) is 0 Å². The number of aryl methyl sites for hydroxylation is 1. The molecule has 0 aliphatic rings. The molecule has 20 heavy (non-hydrogen) atoms. The molecule has 1 aromatic carbocycles. The predicted molar refractivity (Wildman–Crippen MR) is 86.2 cm³/mol. The van der Waals surface area contributed by atoms with Gasteiger partial charge >= 0.3 is 0 Å². The normalized spacial score (nSPS) is 9.95. The van der Waals surface area contributed by atoms with Crippen LogP contribution in [0.1, 0.15) is 22.2 Å². The second kappa shape index (κ2) is 7.14. The van der Waals surface area contributed by atoms with Crippen molar-refractivity contribution in [2.45, 2.75) is 20.4 Å². The highest BCUT2D eigenvalue weighted by molar-refractivity contribution is 7.12. The molecule has 0 aliphatic heterocycles. The van der Waals surface area contributed by atoms with Crippen molar-refractivity contribution in [3.05, 3.63) is 51.7 Å². The molecule has 2 aromatic rings. The van der Waals surface area contributed by atoms with Crippen molar-refractivity contribution in [2.75, 3.05) is 18.1 Å². The first kappa shape index (κ1) is 14.6. The molecule has 0 amide bonds. The summed E-state index contributed by atoms with van der Waals surface area (Å²) in [5, 5.41) is 8.71. The molecule has 0 aliphatic carbocycles. The third-order valence-corrected chi connectivity index (χ3v) is 4.07. The summed E-state index contributed by atoms with van der Waals surface area (Å²) in [6, 6.07) is 12.8. The maximum Gasteiger partial charge on any atom is 0.104 e. The van der Waals surface area contributed by atoms with Crippen molar-refractivity contribution in [1.29, 1.82) is 0 Å². The lowest BCUT2D eigenvalue weighted by atomic mass is 10.2. The van der Waals surface area contributed by atoms with Gasteiger partial charge in [0.05, 0.1) is 11.4 Å². The van der Waals surface area contributed by atoms with Gasteiger partial charge in [-0.05, 0) is 38.1 Å². The van der Waals surface area contributed by atoms with E-state index in [1.165, 1.54) is 16.1 Å². The molecule has 0 atom stereocenters. The van der Waals surface area contributed by atoms with Crippen LogP contribution in [0, 0.1) is 18.8 Å². The van der Waals surface area contributed by atoms with Crippen molar-refractivity contribution >= 4 is 17.0 Å². The quantitative estimate of drug-likeness (QED) is 0.870. The minimum absolute atomic E-state index is 0.0856. The Kier molecular flexibility index (Phi) is 5.23. The predicted octanol–water partition coefficient (Wildman–Crippen LogP) is 3.43. The summed E-state index contributed by atoms with van der Waals surface area (Å²) in [5.41, 5.74) is 2.52. The first-order chi connectivity index (χ1) is 9.72. The number of thiophene rings is 1. The maximum atomic E-state index is 8.71. The Balaban J connectivity index is 2.10. The second-order valence-electron chi connectivity index (χ2n) is 4.58. The van der Waals surface area contributed by atoms with Crippen LogP contribution in [0.15, 0.2) is 36.4 Å². The molecule has 104 valence electrons. The zero-order chi connectivity index (χ0) is 14.4. The average Bonchev–Trinajstić information content (AvgIpc) is 2.91. The lowest BCUT2D eigenvalue weighted by molar-refractivity contribution is 0.350. The Morgan fingerprint density at radius 3 is 2.55 bits per heavy atom. The first-order valence-electron chi connectivity index (χ1n) is 6.73. The van der Waals surface area contributed by atoms with Crippen LogP contribution in [-0.4, -0.2) is 18.3 Å². The molecule has 1 aromatic heterocycles. The van der Waals surface area contributed by atoms with E-state index in [0.29, 0.717) is 0 Å². The van der Waals surface area contributed by atoms with Gasteiger partial charge in [0.2, 0.25) is 0 Å². The minimum Gasteiger partial charge on any atom is -0.384 e. The summed E-state index contributed by atoms with van der Waals surface area (Å²) in [6.07, 6.45) is 0. The minimum atomic E-state index is -0.0856. The molecule has 2 nitrogen and oxygen atoms in total. The van der Waals surface area contributed by atoms with Crippen LogP contribution < -0.4 is 4.90 Å². The molecule has 1 N–H and O–H groups in total. The standard InChI is InChI=1S/C17H19NOS/c1-3-18(15-8-6-14(2)7-9-15)13-17-11-10-16(20-17)5-4-12-19/h6-11,19H,3,12-13H2,1-2H3. The van der Waals surface area contributed by atoms with E-state index in [-0.39, 0.29) is 6.61 Å². The lowest BCUT2D eigenvalue weighted by Gasteiger charge is -2.22. The number of rotatable bonds is 4. The third-order valence-electron chi connectivity index (χ3n) is 3.08. The van der Waals surface area contributed by atoms with Crippen LogP contribution in [0.3, 0.4) is 0 Å². The molecule has 0 bridgehead atoms. The molecule has 2 rings (SSSR count). The highest BCUT2D eigenvalue weighted by Crippen LogP contribution is 2.22. The van der Waals surface area contributed by atoms with Gasteiger partial charge in [-0.15, -0.1) is 11.3 Å². The van der Waals surface area contributed by atoms with E-state index in [1.54, 1.807) is 11.3 Å². The van der Waals surface area contributed by atoms with Crippen LogP contribution >= 0.6 is 11.3 Å². The van der Waals surface area contributed by atoms with E-state index in [1.807, 2.05) is 6.07 Å². The number of hydrogen-bond acceptors (Lipinski definition) is 3. The average molecular weight is 285 g/mol. The molecule has 3 heteroatoms. The van der Waals surface area contributed by atoms with Crippen LogP contribution in [0.4, 0.5) is 5.69 Å². The zero-order valence-corrected chi connectivity index (χ0v) is 12.7. The number of nitrogens with zero attached hydrogens (tertiary/aromatic N) is 1. The van der Waals surface area contributed by atoms with Gasteiger partial charge < -0.3 is 10.0 Å². The first-order valence-corrected chi connectivity index (χ1v) is 7.54. The Morgan fingerprint density at radius 1 is 1.15 bits per heavy atom. The van der Waals surface area contributed by atoms with Crippen molar-refractivity contribution < 1.29 is 5.11 Å². The number of aliphatic hydroxyl groups excluding tert-OH is 1. The van der Waals surface area contributed by atoms with E-state index in [4.69, 9.17) is 5.11 Å². The summed E-state index contributed by atoms with van der Waals surface area (Å²) < 4.78 is 0. The Morgan fingerprint density at radius 2 is 1.90 bits per heavy atom. The molecular weight excluding hydrogens is 266 g/mol. The number of anilines is 1. The van der Waals surface area contributed by atoms with Gasteiger partial charge in [0.15, 0.2) is 0 Å². The molecule has 0 spiro atoms. The van der Waals surface area contributed by atoms with Crippen LogP contribution in [0.25, 0.3) is 0 Å². The SMILES string of the molecule is CCN(Cc1ccc(C#CCO)s1)c1ccc(C)cc1. The summed E-state index contributed by atoms with van der Waals surface area (Å²) in [4.78, 5) is 4.64. The van der Waals surface area contributed by atoms with Crippen molar-refractivity contribution in [1.82, 2.24) is 0 Å². The maximum absolute atomic E-state index is 8.71. The lowest BCUT2D eigenvalue weighted by Crippen LogP contribution is -2.21. The highest BCUT2D eigenvalue weighted by Gasteiger charge is 2.07. The topological polar surface area (TPSA) is 23.5 Å². The van der Waals surface area contributed by atoms with Gasteiger partial charge in [0.1, 0.15) is 6.61 Å². The third kappa shape index (κ3) is 3.86. The monoisotopic (exact) mass is 285 g/mol. The van der Waals surface area contributed by atoms with Gasteiger partial charge in [-0.2, -0.15) is 0 Å². The van der Waals surface area contributed by atoms with Crippen LogP contribution in [0.5, 0.6) is 0 Å². The Bertz CT molecular complexity index is 604. The zero-order valence-electron chi connectivity index (χ0n) is 11.9. The Labute approximate surface area is 124 Å². The number of benzene rings is 1. The van der Waals surface area contributed by atoms with Gasteiger partial charge in [-0.3, -0.25) is 0 Å². The van der Waals surface area contributed by atoms with Crippen molar-refractivity contribution in [2.24, 2.45) is 0 Å². The number of hydrogen-bond donors (Lipinski definition) is 1. The van der Waals surface area contributed by atoms with E-state index in [0.717, 1.165) is 18.0 Å². The molecule has 0 saturated heterocycles. The molecule has 0 radical (unpaired) electrons. The van der Waals surface area contributed by atoms with Crippen LogP contribution in [-0.2, 0) is 6.54 Å². The number of aliphatic hydroxyl groups is 1. The summed E-state index contributed by atoms with van der Waals surface area (Å²) in [6.45, 7) is 6.05. The van der Waals surface area contributed by atoms with E-state index < -0.39 is 0 Å². The molecule has 0 saturated carbocycles. The molecule has 0 fully saturated rings. The fraction of sp³-hybridized carbons (Fsp3) is 0.294. The van der Waals surface area contributed by atoms with E-state index >= 15 is 0 Å². The summed E-state index contributed by atoms with van der Waals surface area (Å²) in [7, 11) is 0. The fourth-order valence-electron chi connectivity index (χ4n) is 1.99. The second-order valence-corrected chi connectivity index (χ2v) is 5.74. The van der Waals surface area contributed by atoms with Gasteiger partial charge in [-0.1, -0.05) is 29.5 Å². The molecular formula is C17H19NOS. The largest absolute Gasteiger partial charge is 0.384 e. The molecule has 0 unspecified atom stereocenters.